The van der Waals surface area contributed by atoms with Gasteiger partial charge < -0.3 is 5.73 Å². The summed E-state index contributed by atoms with van der Waals surface area (Å²) in [6, 6.07) is 0. The van der Waals surface area contributed by atoms with Crippen molar-refractivity contribution in [2.45, 2.75) is 26.3 Å². The quantitative estimate of drug-likeness (QED) is 0.831. The number of nitrogens with two attached hydrogens (primary N) is 1. The van der Waals surface area contributed by atoms with Crippen LogP contribution in [-0.4, -0.2) is 35.6 Å². The van der Waals surface area contributed by atoms with E-state index in [1.165, 1.54) is 8.99 Å². The molecule has 0 radical (unpaired) electrons. The summed E-state index contributed by atoms with van der Waals surface area (Å²) in [5.41, 5.74) is 6.27. The van der Waals surface area contributed by atoms with Gasteiger partial charge in [0.25, 0.3) is 0 Å². The Morgan fingerprint density at radius 2 is 2.11 bits per heavy atom. The van der Waals surface area contributed by atoms with Gasteiger partial charge in [0.05, 0.1) is 6.20 Å². The zero-order chi connectivity index (χ0) is 14.0. The van der Waals surface area contributed by atoms with E-state index in [-0.39, 0.29) is 6.54 Å². The van der Waals surface area contributed by atoms with Crippen LogP contribution in [0.5, 0.6) is 0 Å². The van der Waals surface area contributed by atoms with Gasteiger partial charge in [0.1, 0.15) is 5.82 Å². The second-order valence-electron chi connectivity index (χ2n) is 5.03. The van der Waals surface area contributed by atoms with Crippen LogP contribution in [0.1, 0.15) is 25.3 Å². The van der Waals surface area contributed by atoms with Crippen LogP contribution in [0.25, 0.3) is 0 Å². The third-order valence-electron chi connectivity index (χ3n) is 3.54. The highest BCUT2D eigenvalue weighted by atomic mass is 32.2. The molecule has 2 heterocycles. The second kappa shape index (κ2) is 5.48. The van der Waals surface area contributed by atoms with E-state index < -0.39 is 10.2 Å². The highest BCUT2D eigenvalue weighted by Crippen LogP contribution is 2.21. The van der Waals surface area contributed by atoms with Gasteiger partial charge in [-0.05, 0) is 18.8 Å². The maximum absolute atomic E-state index is 12.3. The molecule has 0 spiro atoms. The lowest BCUT2D eigenvalue weighted by molar-refractivity contribution is 0.289. The smallest absolute Gasteiger partial charge is 0.302 e. The standard InChI is InChI=1S/C11H21N5O2S/c1-9-3-5-16(6-4-9)19(17,18)14-11-10(7-12)8-13-15(11)2/h8-9,14H,3-7,12H2,1-2H3. The molecule has 0 unspecified atom stereocenters. The molecule has 8 heteroatoms. The molecule has 7 nitrogen and oxygen atoms in total. The Kier molecular flexibility index (Phi) is 4.12. The first-order valence-electron chi connectivity index (χ1n) is 6.43. The van der Waals surface area contributed by atoms with Crippen molar-refractivity contribution in [2.24, 2.45) is 18.7 Å². The first-order valence-corrected chi connectivity index (χ1v) is 7.87. The van der Waals surface area contributed by atoms with Gasteiger partial charge in [0.15, 0.2) is 0 Å². The van der Waals surface area contributed by atoms with Crippen molar-refractivity contribution in [2.75, 3.05) is 17.8 Å². The molecule has 1 aromatic heterocycles. The minimum Gasteiger partial charge on any atom is -0.326 e. The SMILES string of the molecule is CC1CCN(S(=O)(=O)Nc2c(CN)cnn2C)CC1. The average molecular weight is 287 g/mol. The molecular weight excluding hydrogens is 266 g/mol. The van der Waals surface area contributed by atoms with E-state index in [0.717, 1.165) is 12.8 Å². The molecule has 1 aliphatic rings. The van der Waals surface area contributed by atoms with Crippen LogP contribution in [-0.2, 0) is 23.8 Å². The van der Waals surface area contributed by atoms with Gasteiger partial charge >= 0.3 is 10.2 Å². The molecule has 2 rings (SSSR count). The minimum atomic E-state index is -3.52. The van der Waals surface area contributed by atoms with Crippen LogP contribution in [0.2, 0.25) is 0 Å². The van der Waals surface area contributed by atoms with E-state index in [1.807, 2.05) is 0 Å². The minimum absolute atomic E-state index is 0.253. The molecule has 19 heavy (non-hydrogen) atoms. The predicted octanol–water partition coefficient (Wildman–Crippen LogP) is 0.267. The van der Waals surface area contributed by atoms with Crippen LogP contribution < -0.4 is 10.5 Å². The molecule has 0 atom stereocenters. The highest BCUT2D eigenvalue weighted by molar-refractivity contribution is 7.90. The summed E-state index contributed by atoms with van der Waals surface area (Å²) >= 11 is 0. The monoisotopic (exact) mass is 287 g/mol. The molecule has 1 aliphatic heterocycles. The van der Waals surface area contributed by atoms with Crippen molar-refractivity contribution in [3.05, 3.63) is 11.8 Å². The molecule has 0 saturated carbocycles. The normalized spacial score (nSPS) is 18.7. The number of aryl methyl sites for hydroxylation is 1. The van der Waals surface area contributed by atoms with Crippen LogP contribution in [0.3, 0.4) is 0 Å². The zero-order valence-corrected chi connectivity index (χ0v) is 12.2. The first kappa shape index (κ1) is 14.3. The fourth-order valence-electron chi connectivity index (χ4n) is 2.18. The lowest BCUT2D eigenvalue weighted by Crippen LogP contribution is -2.41. The molecule has 3 N–H and O–H groups in total. The summed E-state index contributed by atoms with van der Waals surface area (Å²) in [6.07, 6.45) is 3.38. The Morgan fingerprint density at radius 1 is 1.47 bits per heavy atom. The maximum Gasteiger partial charge on any atom is 0.302 e. The highest BCUT2D eigenvalue weighted by Gasteiger charge is 2.27. The van der Waals surface area contributed by atoms with Crippen molar-refractivity contribution >= 4 is 16.0 Å². The molecule has 0 bridgehead atoms. The molecule has 0 aliphatic carbocycles. The summed E-state index contributed by atoms with van der Waals surface area (Å²) in [5, 5.41) is 4.02. The molecule has 1 fully saturated rings. The maximum atomic E-state index is 12.3. The van der Waals surface area contributed by atoms with E-state index in [1.54, 1.807) is 13.2 Å². The van der Waals surface area contributed by atoms with Gasteiger partial charge in [0, 0.05) is 32.2 Å². The molecule has 0 amide bonds. The van der Waals surface area contributed by atoms with Gasteiger partial charge in [-0.3, -0.25) is 9.40 Å². The van der Waals surface area contributed by atoms with Crippen molar-refractivity contribution in [1.29, 1.82) is 0 Å². The van der Waals surface area contributed by atoms with Gasteiger partial charge in [0.2, 0.25) is 0 Å². The Bertz CT molecular complexity index is 531. The number of hydrogen-bond acceptors (Lipinski definition) is 4. The Labute approximate surface area is 113 Å². The van der Waals surface area contributed by atoms with E-state index in [0.29, 0.717) is 30.4 Å². The van der Waals surface area contributed by atoms with E-state index in [2.05, 4.69) is 16.7 Å². The second-order valence-corrected chi connectivity index (χ2v) is 6.71. The lowest BCUT2D eigenvalue weighted by atomic mass is 10.0. The van der Waals surface area contributed by atoms with Gasteiger partial charge in [-0.2, -0.15) is 17.8 Å². The summed E-state index contributed by atoms with van der Waals surface area (Å²) in [4.78, 5) is 0. The topological polar surface area (TPSA) is 93.2 Å². The number of aromatic nitrogens is 2. The van der Waals surface area contributed by atoms with Gasteiger partial charge in [-0.1, -0.05) is 6.92 Å². The third kappa shape index (κ3) is 3.07. The van der Waals surface area contributed by atoms with E-state index in [4.69, 9.17) is 5.73 Å². The summed E-state index contributed by atoms with van der Waals surface area (Å²) < 4.78 is 30.2. The first-order chi connectivity index (χ1) is 8.94. The summed E-state index contributed by atoms with van der Waals surface area (Å²) in [6.45, 7) is 3.52. The summed E-state index contributed by atoms with van der Waals surface area (Å²) in [7, 11) is -1.83. The van der Waals surface area contributed by atoms with Crippen LogP contribution in [0, 0.1) is 5.92 Å². The van der Waals surface area contributed by atoms with E-state index >= 15 is 0 Å². The Balaban J connectivity index is 2.15. The number of rotatable bonds is 4. The van der Waals surface area contributed by atoms with Gasteiger partial charge in [-0.15, -0.1) is 0 Å². The van der Waals surface area contributed by atoms with Crippen molar-refractivity contribution in [3.8, 4) is 0 Å². The molecule has 0 aromatic carbocycles. The Hall–Kier alpha value is -1.12. The molecule has 1 aromatic rings. The van der Waals surface area contributed by atoms with Crippen LogP contribution in [0.15, 0.2) is 6.20 Å². The molecular formula is C11H21N5O2S. The fourth-order valence-corrected chi connectivity index (χ4v) is 3.50. The van der Waals surface area contributed by atoms with Crippen molar-refractivity contribution in [3.63, 3.8) is 0 Å². The third-order valence-corrected chi connectivity index (χ3v) is 5.04. The van der Waals surface area contributed by atoms with Crippen LogP contribution in [0.4, 0.5) is 5.82 Å². The molecule has 108 valence electrons. The van der Waals surface area contributed by atoms with Gasteiger partial charge in [-0.25, -0.2) is 0 Å². The lowest BCUT2D eigenvalue weighted by Gasteiger charge is -2.29. The number of hydrogen-bond donors (Lipinski definition) is 2. The number of piperidine rings is 1. The van der Waals surface area contributed by atoms with Crippen molar-refractivity contribution < 1.29 is 8.42 Å². The summed E-state index contributed by atoms with van der Waals surface area (Å²) in [5.74, 6) is 1.03. The fraction of sp³-hybridized carbons (Fsp3) is 0.727. The number of nitrogens with one attached hydrogen (secondary N) is 1. The molecule has 1 saturated heterocycles. The average Bonchev–Trinajstić information content (AvgIpc) is 2.70. The Morgan fingerprint density at radius 3 is 2.68 bits per heavy atom. The van der Waals surface area contributed by atoms with Crippen molar-refractivity contribution in [1.82, 2.24) is 14.1 Å². The number of nitrogens with zero attached hydrogens (tertiary/aromatic N) is 3. The van der Waals surface area contributed by atoms with Crippen LogP contribution >= 0.6 is 0 Å². The predicted molar refractivity (Wildman–Crippen MR) is 73.6 cm³/mol. The number of anilines is 1. The largest absolute Gasteiger partial charge is 0.326 e. The zero-order valence-electron chi connectivity index (χ0n) is 11.3. The van der Waals surface area contributed by atoms with E-state index in [9.17, 15) is 8.42 Å².